The normalized spacial score (nSPS) is 12.0. The number of benzene rings is 2. The number of hydrogen-bond donors (Lipinski definition) is 0. The lowest BCUT2D eigenvalue weighted by molar-refractivity contribution is -0.139. The van der Waals surface area contributed by atoms with Crippen LogP contribution in [0.25, 0.3) is 27.4 Å². The van der Waals surface area contributed by atoms with E-state index in [1.54, 1.807) is 24.3 Å². The van der Waals surface area contributed by atoms with Crippen LogP contribution in [0.5, 0.6) is 0 Å². The predicted octanol–water partition coefficient (Wildman–Crippen LogP) is 3.40. The Hall–Kier alpha value is -3.49. The second-order valence-electron chi connectivity index (χ2n) is 6.18. The Morgan fingerprint density at radius 3 is 2.43 bits per heavy atom. The number of pyridine rings is 1. The molecule has 0 spiro atoms. The van der Waals surface area contributed by atoms with E-state index in [1.807, 2.05) is 0 Å². The molecule has 0 bridgehead atoms. The first-order chi connectivity index (χ1) is 13.2. The maximum Gasteiger partial charge on any atom is 0.419 e. The molecule has 0 aliphatic heterocycles. The van der Waals surface area contributed by atoms with E-state index in [-0.39, 0.29) is 11.2 Å². The lowest BCUT2D eigenvalue weighted by Crippen LogP contribution is -2.38. The van der Waals surface area contributed by atoms with Crippen LogP contribution in [0.2, 0.25) is 0 Å². The summed E-state index contributed by atoms with van der Waals surface area (Å²) in [7, 11) is 1.26. The molecule has 0 amide bonds. The number of halogens is 4. The van der Waals surface area contributed by atoms with E-state index in [1.165, 1.54) is 19.4 Å². The average molecular weight is 389 g/mol. The van der Waals surface area contributed by atoms with Crippen LogP contribution in [0.4, 0.5) is 17.6 Å². The van der Waals surface area contributed by atoms with Crippen molar-refractivity contribution in [2.24, 2.45) is 7.05 Å². The molecule has 0 N–H and O–H groups in total. The third kappa shape index (κ3) is 2.50. The standard InChI is InChI=1S/C19H11F4N3O2/c1-25-13-7-6-12(19(21,22)23)16(20)15(13)17(27)26(18(25)28)14-9-24-8-10-4-2-3-5-11(10)14/h2-9H,1H3. The third-order valence-corrected chi connectivity index (χ3v) is 4.57. The van der Waals surface area contributed by atoms with Gasteiger partial charge in [-0.2, -0.15) is 13.2 Å². The SMILES string of the molecule is Cn1c(=O)n(-c2cncc3ccccc23)c(=O)c2c(F)c(C(F)(F)F)ccc21. The van der Waals surface area contributed by atoms with Crippen molar-refractivity contribution in [3.05, 3.63) is 81.0 Å². The predicted molar refractivity (Wildman–Crippen MR) is 95.0 cm³/mol. The summed E-state index contributed by atoms with van der Waals surface area (Å²) in [6, 6.07) is 8.15. The molecule has 0 radical (unpaired) electrons. The van der Waals surface area contributed by atoms with Gasteiger partial charge in [-0.15, -0.1) is 0 Å². The second-order valence-corrected chi connectivity index (χ2v) is 6.18. The molecular formula is C19H11F4N3O2. The fraction of sp³-hybridized carbons (Fsp3) is 0.105. The summed E-state index contributed by atoms with van der Waals surface area (Å²) in [5, 5.41) is 0.270. The van der Waals surface area contributed by atoms with Crippen molar-refractivity contribution in [2.45, 2.75) is 6.18 Å². The van der Waals surface area contributed by atoms with E-state index < -0.39 is 34.2 Å². The molecule has 142 valence electrons. The summed E-state index contributed by atoms with van der Waals surface area (Å²) in [6.45, 7) is 0. The molecule has 28 heavy (non-hydrogen) atoms. The van der Waals surface area contributed by atoms with E-state index in [9.17, 15) is 27.2 Å². The Labute approximate surface area is 154 Å². The molecule has 4 rings (SSSR count). The highest BCUT2D eigenvalue weighted by Crippen LogP contribution is 2.33. The number of aromatic nitrogens is 3. The average Bonchev–Trinajstić information content (AvgIpc) is 2.65. The fourth-order valence-electron chi connectivity index (χ4n) is 3.21. The highest BCUT2D eigenvalue weighted by atomic mass is 19.4. The summed E-state index contributed by atoms with van der Waals surface area (Å²) in [4.78, 5) is 29.7. The van der Waals surface area contributed by atoms with Crippen molar-refractivity contribution < 1.29 is 17.6 Å². The number of nitrogens with zero attached hydrogens (tertiary/aromatic N) is 3. The van der Waals surface area contributed by atoms with Crippen LogP contribution in [-0.4, -0.2) is 14.1 Å². The molecule has 2 aromatic heterocycles. The van der Waals surface area contributed by atoms with Crippen molar-refractivity contribution in [2.75, 3.05) is 0 Å². The summed E-state index contributed by atoms with van der Waals surface area (Å²) >= 11 is 0. The molecule has 5 nitrogen and oxygen atoms in total. The number of alkyl halides is 3. The fourth-order valence-corrected chi connectivity index (χ4v) is 3.21. The van der Waals surface area contributed by atoms with Gasteiger partial charge in [-0.25, -0.2) is 13.8 Å². The molecule has 9 heteroatoms. The number of hydrogen-bond acceptors (Lipinski definition) is 3. The van der Waals surface area contributed by atoms with Crippen molar-refractivity contribution in [1.29, 1.82) is 0 Å². The smallest absolute Gasteiger partial charge is 0.296 e. The van der Waals surface area contributed by atoms with E-state index >= 15 is 0 Å². The van der Waals surface area contributed by atoms with Gasteiger partial charge in [0.1, 0.15) is 11.2 Å². The zero-order valence-corrected chi connectivity index (χ0v) is 14.3. The van der Waals surface area contributed by atoms with Gasteiger partial charge in [-0.1, -0.05) is 24.3 Å². The van der Waals surface area contributed by atoms with Crippen molar-refractivity contribution in [1.82, 2.24) is 14.1 Å². The molecular weight excluding hydrogens is 378 g/mol. The zero-order chi connectivity index (χ0) is 20.2. The van der Waals surface area contributed by atoms with E-state index in [0.717, 1.165) is 10.6 Å². The van der Waals surface area contributed by atoms with Gasteiger partial charge in [0.2, 0.25) is 0 Å². The minimum atomic E-state index is -4.98. The lowest BCUT2D eigenvalue weighted by atomic mass is 10.1. The molecule has 4 aromatic rings. The van der Waals surface area contributed by atoms with Crippen LogP contribution in [0.15, 0.2) is 58.4 Å². The molecule has 0 atom stereocenters. The molecule has 0 saturated heterocycles. The molecule has 0 aliphatic rings. The third-order valence-electron chi connectivity index (χ3n) is 4.57. The Kier molecular flexibility index (Phi) is 3.84. The van der Waals surface area contributed by atoms with Gasteiger partial charge in [0.15, 0.2) is 0 Å². The number of rotatable bonds is 1. The topological polar surface area (TPSA) is 56.9 Å². The van der Waals surface area contributed by atoms with Crippen molar-refractivity contribution in [3.63, 3.8) is 0 Å². The Morgan fingerprint density at radius 1 is 1.00 bits per heavy atom. The zero-order valence-electron chi connectivity index (χ0n) is 14.3. The molecule has 0 aliphatic carbocycles. The Balaban J connectivity index is 2.21. The molecule has 0 fully saturated rings. The van der Waals surface area contributed by atoms with Crippen LogP contribution in [0.3, 0.4) is 0 Å². The summed E-state index contributed by atoms with van der Waals surface area (Å²) in [5.74, 6) is -1.72. The van der Waals surface area contributed by atoms with E-state index in [2.05, 4.69) is 4.98 Å². The van der Waals surface area contributed by atoms with Gasteiger partial charge in [0, 0.05) is 24.0 Å². The van der Waals surface area contributed by atoms with E-state index in [4.69, 9.17) is 0 Å². The van der Waals surface area contributed by atoms with Gasteiger partial charge >= 0.3 is 11.9 Å². The van der Waals surface area contributed by atoms with Crippen LogP contribution in [0.1, 0.15) is 5.56 Å². The monoisotopic (exact) mass is 389 g/mol. The molecule has 2 heterocycles. The largest absolute Gasteiger partial charge is 0.419 e. The number of fused-ring (bicyclic) bond motifs is 2. The first kappa shape index (κ1) is 17.9. The molecule has 0 unspecified atom stereocenters. The lowest BCUT2D eigenvalue weighted by Gasteiger charge is -2.15. The maximum atomic E-state index is 14.7. The minimum absolute atomic E-state index is 0.0578. The Morgan fingerprint density at radius 2 is 1.71 bits per heavy atom. The van der Waals surface area contributed by atoms with E-state index in [0.29, 0.717) is 21.4 Å². The molecule has 2 aromatic carbocycles. The van der Waals surface area contributed by atoms with Gasteiger partial charge in [0.25, 0.3) is 5.56 Å². The highest BCUT2D eigenvalue weighted by Gasteiger charge is 2.36. The quantitative estimate of drug-likeness (QED) is 0.469. The summed E-state index contributed by atoms with van der Waals surface area (Å²) in [6.07, 6.45) is -2.23. The van der Waals surface area contributed by atoms with Crippen LogP contribution in [0, 0.1) is 5.82 Å². The summed E-state index contributed by atoms with van der Waals surface area (Å²) < 4.78 is 55.5. The number of aryl methyl sites for hydroxylation is 1. The second kappa shape index (κ2) is 6.01. The van der Waals surface area contributed by atoms with Crippen LogP contribution < -0.4 is 11.2 Å². The maximum absolute atomic E-state index is 14.7. The highest BCUT2D eigenvalue weighted by molar-refractivity contribution is 5.89. The van der Waals surface area contributed by atoms with Gasteiger partial charge in [-0.05, 0) is 12.1 Å². The van der Waals surface area contributed by atoms with Gasteiger partial charge in [0.05, 0.1) is 23.0 Å². The Bertz CT molecular complexity index is 1360. The first-order valence-electron chi connectivity index (χ1n) is 8.06. The van der Waals surface area contributed by atoms with Gasteiger partial charge in [-0.3, -0.25) is 14.3 Å². The van der Waals surface area contributed by atoms with Crippen LogP contribution >= 0.6 is 0 Å². The van der Waals surface area contributed by atoms with Crippen molar-refractivity contribution >= 4 is 21.7 Å². The summed E-state index contributed by atoms with van der Waals surface area (Å²) in [5.41, 5.74) is -3.75. The van der Waals surface area contributed by atoms with Crippen LogP contribution in [-0.2, 0) is 13.2 Å². The van der Waals surface area contributed by atoms with Crippen molar-refractivity contribution in [3.8, 4) is 5.69 Å². The minimum Gasteiger partial charge on any atom is -0.296 e. The van der Waals surface area contributed by atoms with Gasteiger partial charge < -0.3 is 0 Å². The molecule has 0 saturated carbocycles. The first-order valence-corrected chi connectivity index (χ1v) is 8.06.